The molecule has 0 spiro atoms. The van der Waals surface area contributed by atoms with Crippen molar-refractivity contribution < 1.29 is 14.3 Å². The van der Waals surface area contributed by atoms with Crippen LogP contribution in [0.1, 0.15) is 58.2 Å². The first-order valence-electron chi connectivity index (χ1n) is 12.3. The van der Waals surface area contributed by atoms with Gasteiger partial charge in [-0.2, -0.15) is 0 Å². The van der Waals surface area contributed by atoms with Gasteiger partial charge in [-0.25, -0.2) is 4.79 Å². The molecule has 2 aromatic rings. The molecular formula is C28H39N3O3. The summed E-state index contributed by atoms with van der Waals surface area (Å²) in [5.74, 6) is 0.131. The molecule has 6 nitrogen and oxygen atoms in total. The van der Waals surface area contributed by atoms with E-state index in [1.807, 2.05) is 51.7 Å². The molecule has 0 aromatic heterocycles. The molecule has 1 saturated heterocycles. The molecule has 1 atom stereocenters. The fraction of sp³-hybridized carbons (Fsp3) is 0.500. The number of piperazine rings is 1. The monoisotopic (exact) mass is 465 g/mol. The van der Waals surface area contributed by atoms with Gasteiger partial charge in [0.25, 0.3) is 5.91 Å². The first-order valence-corrected chi connectivity index (χ1v) is 12.3. The highest BCUT2D eigenvalue weighted by molar-refractivity contribution is 5.83. The van der Waals surface area contributed by atoms with Crippen LogP contribution < -0.4 is 5.32 Å². The molecule has 1 aliphatic heterocycles. The quantitative estimate of drug-likeness (QED) is 0.634. The Morgan fingerprint density at radius 2 is 1.38 bits per heavy atom. The number of ether oxygens (including phenoxy) is 1. The lowest BCUT2D eigenvalue weighted by Gasteiger charge is -2.40. The van der Waals surface area contributed by atoms with Crippen LogP contribution in [-0.2, 0) is 9.53 Å². The second kappa shape index (κ2) is 11.5. The lowest BCUT2D eigenvalue weighted by Crippen LogP contribution is -2.53. The number of hydrogen-bond donors (Lipinski definition) is 1. The summed E-state index contributed by atoms with van der Waals surface area (Å²) in [6, 6.07) is 21.1. The van der Waals surface area contributed by atoms with Crippen LogP contribution in [0.5, 0.6) is 0 Å². The highest BCUT2D eigenvalue weighted by Gasteiger charge is 2.33. The van der Waals surface area contributed by atoms with E-state index in [4.69, 9.17) is 4.74 Å². The largest absolute Gasteiger partial charge is 0.436 e. The molecule has 1 fully saturated rings. The van der Waals surface area contributed by atoms with Crippen LogP contribution >= 0.6 is 0 Å². The Morgan fingerprint density at radius 3 is 1.82 bits per heavy atom. The minimum absolute atomic E-state index is 0.103. The third-order valence-electron chi connectivity index (χ3n) is 5.91. The predicted octanol–water partition coefficient (Wildman–Crippen LogP) is 4.86. The van der Waals surface area contributed by atoms with E-state index in [-0.39, 0.29) is 17.9 Å². The van der Waals surface area contributed by atoms with Crippen molar-refractivity contribution in [3.63, 3.8) is 0 Å². The van der Waals surface area contributed by atoms with E-state index in [9.17, 15) is 9.59 Å². The summed E-state index contributed by atoms with van der Waals surface area (Å²) in [6.07, 6.45) is -0.806. The maximum Gasteiger partial charge on any atom is 0.408 e. The van der Waals surface area contributed by atoms with Crippen molar-refractivity contribution in [3.8, 4) is 0 Å². The number of nitrogens with one attached hydrogen (secondary N) is 1. The van der Waals surface area contributed by atoms with Gasteiger partial charge in [0, 0.05) is 31.7 Å². The number of hydrogen-bond acceptors (Lipinski definition) is 4. The van der Waals surface area contributed by atoms with Gasteiger partial charge in [-0.15, -0.1) is 0 Å². The van der Waals surface area contributed by atoms with E-state index in [1.165, 1.54) is 11.1 Å². The topological polar surface area (TPSA) is 61.9 Å². The third kappa shape index (κ3) is 7.32. The molecule has 34 heavy (non-hydrogen) atoms. The zero-order valence-corrected chi connectivity index (χ0v) is 21.2. The maximum absolute atomic E-state index is 13.4. The first kappa shape index (κ1) is 25.8. The third-order valence-corrected chi connectivity index (χ3v) is 5.91. The van der Waals surface area contributed by atoms with Crippen molar-refractivity contribution in [1.29, 1.82) is 0 Å². The van der Waals surface area contributed by atoms with Crippen LogP contribution in [0, 0.1) is 5.92 Å². The molecule has 0 saturated carbocycles. The molecule has 2 aromatic carbocycles. The molecule has 1 unspecified atom stereocenters. The molecule has 1 heterocycles. The Kier molecular flexibility index (Phi) is 8.72. The van der Waals surface area contributed by atoms with Crippen molar-refractivity contribution in [3.05, 3.63) is 71.8 Å². The Bertz CT molecular complexity index is 877. The smallest absolute Gasteiger partial charge is 0.408 e. The fourth-order valence-corrected chi connectivity index (χ4v) is 4.38. The molecule has 1 aliphatic rings. The highest BCUT2D eigenvalue weighted by atomic mass is 16.6. The van der Waals surface area contributed by atoms with Crippen LogP contribution in [0.4, 0.5) is 4.79 Å². The molecule has 1 N–H and O–H groups in total. The lowest BCUT2D eigenvalue weighted by atomic mass is 9.96. The molecule has 184 valence electrons. The van der Waals surface area contributed by atoms with E-state index in [1.54, 1.807) is 0 Å². The van der Waals surface area contributed by atoms with E-state index < -0.39 is 17.7 Å². The lowest BCUT2D eigenvalue weighted by molar-refractivity contribution is -0.143. The summed E-state index contributed by atoms with van der Waals surface area (Å²) in [6.45, 7) is 12.5. The number of carbonyl (C=O) groups is 2. The van der Waals surface area contributed by atoms with E-state index in [0.717, 1.165) is 13.1 Å². The minimum Gasteiger partial charge on any atom is -0.436 e. The Hall–Kier alpha value is -2.86. The van der Waals surface area contributed by atoms with E-state index in [2.05, 4.69) is 58.7 Å². The molecule has 6 heteroatoms. The average molecular weight is 466 g/mol. The van der Waals surface area contributed by atoms with Crippen molar-refractivity contribution in [2.75, 3.05) is 26.2 Å². The average Bonchev–Trinajstić information content (AvgIpc) is 2.79. The number of amides is 2. The zero-order valence-electron chi connectivity index (χ0n) is 21.2. The van der Waals surface area contributed by atoms with Gasteiger partial charge in [-0.1, -0.05) is 74.5 Å². The molecule has 2 amide bonds. The molecular weight excluding hydrogens is 426 g/mol. The van der Waals surface area contributed by atoms with Crippen molar-refractivity contribution >= 4 is 12.0 Å². The van der Waals surface area contributed by atoms with Crippen molar-refractivity contribution in [1.82, 2.24) is 15.1 Å². The summed E-state index contributed by atoms with van der Waals surface area (Å²) in [5, 5.41) is 2.80. The van der Waals surface area contributed by atoms with Gasteiger partial charge in [0.05, 0.1) is 6.04 Å². The van der Waals surface area contributed by atoms with Gasteiger partial charge in [-0.05, 0) is 44.2 Å². The van der Waals surface area contributed by atoms with Crippen LogP contribution in [-0.4, -0.2) is 59.6 Å². The SMILES string of the molecule is CC(C)CC(OC(=O)NC(C)(C)C)C(=O)N1CCN(C(c2ccccc2)c2ccccc2)CC1. The van der Waals surface area contributed by atoms with Gasteiger partial charge in [0.1, 0.15) is 0 Å². The second-order valence-electron chi connectivity index (χ2n) is 10.5. The minimum atomic E-state index is -0.770. The Labute approximate surface area is 204 Å². The summed E-state index contributed by atoms with van der Waals surface area (Å²) >= 11 is 0. The van der Waals surface area contributed by atoms with Gasteiger partial charge < -0.3 is 15.0 Å². The van der Waals surface area contributed by atoms with Crippen LogP contribution in [0.3, 0.4) is 0 Å². The molecule has 0 bridgehead atoms. The summed E-state index contributed by atoms with van der Waals surface area (Å²) in [4.78, 5) is 30.0. The predicted molar refractivity (Wildman–Crippen MR) is 135 cm³/mol. The van der Waals surface area contributed by atoms with Crippen molar-refractivity contribution in [2.45, 2.75) is 58.7 Å². The highest BCUT2D eigenvalue weighted by Crippen LogP contribution is 2.29. The number of nitrogens with zero attached hydrogens (tertiary/aromatic N) is 2. The van der Waals surface area contributed by atoms with Crippen LogP contribution in [0.2, 0.25) is 0 Å². The normalized spacial score (nSPS) is 15.9. The van der Waals surface area contributed by atoms with Gasteiger partial charge in [0.15, 0.2) is 6.10 Å². The van der Waals surface area contributed by atoms with Crippen LogP contribution in [0.15, 0.2) is 60.7 Å². The second-order valence-corrected chi connectivity index (χ2v) is 10.5. The summed E-state index contributed by atoms with van der Waals surface area (Å²) < 4.78 is 5.61. The van der Waals surface area contributed by atoms with Gasteiger partial charge in [0.2, 0.25) is 0 Å². The van der Waals surface area contributed by atoms with Gasteiger partial charge >= 0.3 is 6.09 Å². The Balaban J connectivity index is 1.69. The standard InChI is InChI=1S/C28H39N3O3/c1-21(2)20-24(34-27(33)29-28(3,4)5)26(32)31-18-16-30(17-19-31)25(22-12-8-6-9-13-22)23-14-10-7-11-15-23/h6-15,21,24-25H,16-20H2,1-5H3,(H,29,33). The summed E-state index contributed by atoms with van der Waals surface area (Å²) in [7, 11) is 0. The zero-order chi connectivity index (χ0) is 24.7. The van der Waals surface area contributed by atoms with Crippen molar-refractivity contribution in [2.24, 2.45) is 5.92 Å². The first-order chi connectivity index (χ1) is 16.1. The van der Waals surface area contributed by atoms with E-state index >= 15 is 0 Å². The van der Waals surface area contributed by atoms with E-state index in [0.29, 0.717) is 19.5 Å². The van der Waals surface area contributed by atoms with Crippen LogP contribution in [0.25, 0.3) is 0 Å². The maximum atomic E-state index is 13.4. The number of benzene rings is 2. The molecule has 0 aliphatic carbocycles. The fourth-order valence-electron chi connectivity index (χ4n) is 4.38. The number of carbonyl (C=O) groups excluding carboxylic acids is 2. The molecule has 3 rings (SSSR count). The Morgan fingerprint density at radius 1 is 0.882 bits per heavy atom. The van der Waals surface area contributed by atoms with Gasteiger partial charge in [-0.3, -0.25) is 9.69 Å². The molecule has 0 radical (unpaired) electrons. The number of rotatable bonds is 7. The summed E-state index contributed by atoms with van der Waals surface area (Å²) in [5.41, 5.74) is 2.07. The number of alkyl carbamates (subject to hydrolysis) is 1.